The lowest BCUT2D eigenvalue weighted by atomic mass is 10.2. The molecule has 0 saturated carbocycles. The Bertz CT molecular complexity index is 439. The number of nitrogens with zero attached hydrogens (tertiary/aromatic N) is 1. The van der Waals surface area contributed by atoms with Crippen LogP contribution in [0.4, 0.5) is 5.69 Å². The van der Waals surface area contributed by atoms with Gasteiger partial charge in [-0.2, -0.15) is 0 Å². The molecule has 104 valence electrons. The van der Waals surface area contributed by atoms with Gasteiger partial charge in [0.05, 0.1) is 6.61 Å². The summed E-state index contributed by atoms with van der Waals surface area (Å²) in [5, 5.41) is 8.88. The van der Waals surface area contributed by atoms with Crippen molar-refractivity contribution in [2.45, 2.75) is 13.8 Å². The second-order valence-corrected chi connectivity index (χ2v) is 4.31. The van der Waals surface area contributed by atoms with E-state index in [1.807, 2.05) is 12.1 Å². The molecule has 0 radical (unpaired) electrons. The van der Waals surface area contributed by atoms with Gasteiger partial charge in [0.15, 0.2) is 0 Å². The number of aliphatic hydroxyl groups excluding tert-OH is 1. The van der Waals surface area contributed by atoms with Crippen LogP contribution in [0.1, 0.15) is 12.5 Å². The van der Waals surface area contributed by atoms with Gasteiger partial charge >= 0.3 is 0 Å². The van der Waals surface area contributed by atoms with E-state index in [4.69, 9.17) is 22.6 Å². The van der Waals surface area contributed by atoms with Gasteiger partial charge in [-0.15, -0.1) is 0 Å². The van der Waals surface area contributed by atoms with Crippen LogP contribution in [0.25, 0.3) is 0 Å². The standard InChI is InChI=1S/C11H17NO.H2O4S/c1-3-12(8-9-13)11-7-5-4-6-10(11)2;1-5(2,3)4/h4-7,13H,3,8-9H2,1-2H3;(H2,1,2,3,4)/p-2. The second-order valence-electron chi connectivity index (χ2n) is 3.50. The van der Waals surface area contributed by atoms with Crippen LogP contribution in [0.15, 0.2) is 24.3 Å². The maximum Gasteiger partial charge on any atom is 0.0606 e. The first-order valence-electron chi connectivity index (χ1n) is 5.37. The summed E-state index contributed by atoms with van der Waals surface area (Å²) < 4.78 is 34.1. The predicted molar refractivity (Wildman–Crippen MR) is 66.6 cm³/mol. The molecule has 1 rings (SSSR count). The minimum Gasteiger partial charge on any atom is -0.759 e. The molecule has 0 bridgehead atoms. The number of rotatable bonds is 4. The van der Waals surface area contributed by atoms with Gasteiger partial charge in [0.2, 0.25) is 0 Å². The van der Waals surface area contributed by atoms with Crippen LogP contribution in [0.3, 0.4) is 0 Å². The van der Waals surface area contributed by atoms with E-state index >= 15 is 0 Å². The molecule has 0 fully saturated rings. The van der Waals surface area contributed by atoms with Crippen LogP contribution in [-0.2, 0) is 10.4 Å². The van der Waals surface area contributed by atoms with E-state index in [2.05, 4.69) is 30.9 Å². The monoisotopic (exact) mass is 275 g/mol. The van der Waals surface area contributed by atoms with Crippen molar-refractivity contribution in [2.24, 2.45) is 0 Å². The molecule has 0 saturated heterocycles. The van der Waals surface area contributed by atoms with Crippen molar-refractivity contribution in [3.05, 3.63) is 29.8 Å². The van der Waals surface area contributed by atoms with Crippen molar-refractivity contribution in [3.63, 3.8) is 0 Å². The minimum atomic E-state index is -5.17. The molecule has 1 N–H and O–H groups in total. The number of aryl methyl sites for hydroxylation is 1. The summed E-state index contributed by atoms with van der Waals surface area (Å²) in [6.07, 6.45) is 0. The highest BCUT2D eigenvalue weighted by atomic mass is 32.3. The Hall–Kier alpha value is -1.15. The molecule has 0 aromatic heterocycles. The second kappa shape index (κ2) is 8.04. The third-order valence-electron chi connectivity index (χ3n) is 2.21. The van der Waals surface area contributed by atoms with Gasteiger partial charge < -0.3 is 19.1 Å². The zero-order valence-corrected chi connectivity index (χ0v) is 11.2. The molecular weight excluding hydrogens is 258 g/mol. The van der Waals surface area contributed by atoms with E-state index < -0.39 is 10.4 Å². The fraction of sp³-hybridized carbons (Fsp3) is 0.455. The van der Waals surface area contributed by atoms with Crippen molar-refractivity contribution in [1.82, 2.24) is 0 Å². The fourth-order valence-electron chi connectivity index (χ4n) is 1.49. The first-order valence-corrected chi connectivity index (χ1v) is 6.71. The quantitative estimate of drug-likeness (QED) is 0.633. The van der Waals surface area contributed by atoms with Crippen LogP contribution in [0.5, 0.6) is 0 Å². The Morgan fingerprint density at radius 3 is 2.17 bits per heavy atom. The number of anilines is 1. The SMILES string of the molecule is CCN(CCO)c1ccccc1C.O=S(=O)([O-])[O-]. The Morgan fingerprint density at radius 1 is 1.28 bits per heavy atom. The third-order valence-corrected chi connectivity index (χ3v) is 2.21. The van der Waals surface area contributed by atoms with Crippen molar-refractivity contribution in [3.8, 4) is 0 Å². The average molecular weight is 275 g/mol. The number of benzene rings is 1. The van der Waals surface area contributed by atoms with Crippen LogP contribution in [0.2, 0.25) is 0 Å². The summed E-state index contributed by atoms with van der Waals surface area (Å²) >= 11 is 0. The third kappa shape index (κ3) is 8.02. The highest BCUT2D eigenvalue weighted by molar-refractivity contribution is 7.79. The van der Waals surface area contributed by atoms with Gasteiger partial charge in [0.1, 0.15) is 0 Å². The molecule has 1 aromatic carbocycles. The van der Waals surface area contributed by atoms with Crippen molar-refractivity contribution in [1.29, 1.82) is 0 Å². The molecule has 0 atom stereocenters. The maximum atomic E-state index is 8.88. The van der Waals surface area contributed by atoms with Crippen molar-refractivity contribution < 1.29 is 22.6 Å². The predicted octanol–water partition coefficient (Wildman–Crippen LogP) is 0.476. The molecule has 18 heavy (non-hydrogen) atoms. The summed E-state index contributed by atoms with van der Waals surface area (Å²) in [4.78, 5) is 2.18. The highest BCUT2D eigenvalue weighted by Crippen LogP contribution is 2.18. The lowest BCUT2D eigenvalue weighted by molar-refractivity contribution is 0.302. The molecular formula is C11H17NO5S-2. The minimum absolute atomic E-state index is 0.210. The summed E-state index contributed by atoms with van der Waals surface area (Å²) in [6.45, 7) is 6.05. The van der Waals surface area contributed by atoms with E-state index in [1.165, 1.54) is 11.3 Å². The number of hydrogen-bond donors (Lipinski definition) is 1. The molecule has 0 unspecified atom stereocenters. The number of para-hydroxylation sites is 1. The zero-order valence-electron chi connectivity index (χ0n) is 10.4. The Balaban J connectivity index is 0.000000494. The lowest BCUT2D eigenvalue weighted by Crippen LogP contribution is -2.26. The topological polar surface area (TPSA) is 104 Å². The molecule has 0 amide bonds. The van der Waals surface area contributed by atoms with Gasteiger partial charge in [-0.1, -0.05) is 18.2 Å². The fourth-order valence-corrected chi connectivity index (χ4v) is 1.49. The number of likely N-dealkylation sites (N-methyl/N-ethyl adjacent to an activating group) is 1. The van der Waals surface area contributed by atoms with Crippen molar-refractivity contribution in [2.75, 3.05) is 24.6 Å². The van der Waals surface area contributed by atoms with E-state index in [1.54, 1.807) is 0 Å². The Kier molecular flexibility index (Phi) is 7.53. The molecule has 1 aromatic rings. The normalized spacial score (nSPS) is 10.5. The Morgan fingerprint density at radius 2 is 1.78 bits per heavy atom. The summed E-state index contributed by atoms with van der Waals surface area (Å²) in [5.41, 5.74) is 2.48. The number of aliphatic hydroxyl groups is 1. The average Bonchev–Trinajstić information content (AvgIpc) is 2.25. The summed E-state index contributed by atoms with van der Waals surface area (Å²) in [7, 11) is -5.17. The van der Waals surface area contributed by atoms with Crippen molar-refractivity contribution >= 4 is 16.1 Å². The van der Waals surface area contributed by atoms with Gasteiger partial charge in [0.25, 0.3) is 0 Å². The molecule has 0 aliphatic rings. The zero-order chi connectivity index (χ0) is 14.2. The van der Waals surface area contributed by atoms with E-state index in [0.29, 0.717) is 6.54 Å². The summed E-state index contributed by atoms with van der Waals surface area (Å²) in [5.74, 6) is 0. The largest absolute Gasteiger partial charge is 0.759 e. The first-order chi connectivity index (χ1) is 8.29. The van der Waals surface area contributed by atoms with Gasteiger partial charge in [0, 0.05) is 29.2 Å². The van der Waals surface area contributed by atoms with Gasteiger partial charge in [-0.05, 0) is 25.5 Å². The van der Waals surface area contributed by atoms with Crippen LogP contribution >= 0.6 is 0 Å². The van der Waals surface area contributed by atoms with E-state index in [-0.39, 0.29) is 6.61 Å². The Labute approximate surface area is 107 Å². The number of hydrogen-bond acceptors (Lipinski definition) is 6. The lowest BCUT2D eigenvalue weighted by Gasteiger charge is -2.23. The van der Waals surface area contributed by atoms with Crippen LogP contribution in [0, 0.1) is 6.92 Å². The van der Waals surface area contributed by atoms with Gasteiger partial charge in [-0.3, -0.25) is 8.42 Å². The van der Waals surface area contributed by atoms with Gasteiger partial charge in [-0.25, -0.2) is 0 Å². The molecule has 0 aliphatic heterocycles. The van der Waals surface area contributed by atoms with Crippen LogP contribution < -0.4 is 4.90 Å². The first kappa shape index (κ1) is 16.9. The summed E-state index contributed by atoms with van der Waals surface area (Å²) in [6, 6.07) is 8.25. The smallest absolute Gasteiger partial charge is 0.0606 e. The van der Waals surface area contributed by atoms with E-state index in [0.717, 1.165) is 6.54 Å². The molecule has 0 heterocycles. The molecule has 0 spiro atoms. The molecule has 7 heteroatoms. The molecule has 0 aliphatic carbocycles. The van der Waals surface area contributed by atoms with E-state index in [9.17, 15) is 0 Å². The maximum absolute atomic E-state index is 8.88. The molecule has 6 nitrogen and oxygen atoms in total. The van der Waals surface area contributed by atoms with Crippen LogP contribution in [-0.4, -0.2) is 42.3 Å². The highest BCUT2D eigenvalue weighted by Gasteiger charge is 2.04.